The SMILES string of the molecule is CC1(C)c2ccccc2-c2ccc(N(c3ccc(-c4cccc(-n5c6ccccc6c6ccccc65)c4)cc3)c3ccccc3-c3ccc(-c4ccccc4)cc3)cc21. The van der Waals surface area contributed by atoms with Gasteiger partial charge in [-0.15, -0.1) is 0 Å². The molecule has 0 saturated carbocycles. The molecule has 0 spiro atoms. The number of nitrogens with zero attached hydrogens (tertiary/aromatic N) is 2. The molecule has 11 rings (SSSR count). The van der Waals surface area contributed by atoms with Crippen molar-refractivity contribution in [3.8, 4) is 50.2 Å². The van der Waals surface area contributed by atoms with Crippen LogP contribution in [0.25, 0.3) is 72.0 Å². The highest BCUT2D eigenvalue weighted by molar-refractivity contribution is 6.09. The Bertz CT molecular complexity index is 3120. The molecule has 0 unspecified atom stereocenters. The van der Waals surface area contributed by atoms with E-state index in [1.165, 1.54) is 77.4 Å². The van der Waals surface area contributed by atoms with Crippen LogP contribution < -0.4 is 4.90 Å². The molecule has 0 bridgehead atoms. The Morgan fingerprint density at radius 3 is 1.63 bits per heavy atom. The van der Waals surface area contributed by atoms with E-state index in [-0.39, 0.29) is 5.41 Å². The number of anilines is 3. The fourth-order valence-corrected chi connectivity index (χ4v) is 9.47. The van der Waals surface area contributed by atoms with Crippen molar-refractivity contribution in [3.05, 3.63) is 230 Å². The van der Waals surface area contributed by atoms with Gasteiger partial charge >= 0.3 is 0 Å². The van der Waals surface area contributed by atoms with Gasteiger partial charge in [0, 0.05) is 38.8 Å². The summed E-state index contributed by atoms with van der Waals surface area (Å²) in [5.74, 6) is 0. The molecule has 0 fully saturated rings. The Balaban J connectivity index is 1.03. The minimum atomic E-state index is -0.119. The van der Waals surface area contributed by atoms with E-state index in [0.29, 0.717) is 0 Å². The molecule has 2 nitrogen and oxygen atoms in total. The number of hydrogen-bond donors (Lipinski definition) is 0. The first-order valence-corrected chi connectivity index (χ1v) is 20.5. The van der Waals surface area contributed by atoms with Crippen molar-refractivity contribution < 1.29 is 0 Å². The van der Waals surface area contributed by atoms with Crippen molar-refractivity contribution in [3.63, 3.8) is 0 Å². The van der Waals surface area contributed by atoms with Crippen molar-refractivity contribution >= 4 is 38.9 Å². The first-order valence-electron chi connectivity index (χ1n) is 20.5. The molecule has 0 N–H and O–H groups in total. The van der Waals surface area contributed by atoms with Crippen LogP contribution in [-0.4, -0.2) is 4.57 Å². The van der Waals surface area contributed by atoms with E-state index in [9.17, 15) is 0 Å². The highest BCUT2D eigenvalue weighted by atomic mass is 15.1. The summed E-state index contributed by atoms with van der Waals surface area (Å²) in [7, 11) is 0. The van der Waals surface area contributed by atoms with Crippen molar-refractivity contribution in [1.29, 1.82) is 0 Å². The third-order valence-electron chi connectivity index (χ3n) is 12.4. The number of aromatic nitrogens is 1. The lowest BCUT2D eigenvalue weighted by Crippen LogP contribution is -2.16. The van der Waals surface area contributed by atoms with Gasteiger partial charge in [0.05, 0.1) is 16.7 Å². The molecule has 2 heteroatoms. The minimum absolute atomic E-state index is 0.119. The molecule has 10 aromatic rings. The fraction of sp³-hybridized carbons (Fsp3) is 0.0526. The molecule has 1 heterocycles. The van der Waals surface area contributed by atoms with E-state index < -0.39 is 0 Å². The lowest BCUT2D eigenvalue weighted by Gasteiger charge is -2.30. The zero-order valence-electron chi connectivity index (χ0n) is 33.2. The topological polar surface area (TPSA) is 8.17 Å². The van der Waals surface area contributed by atoms with E-state index in [0.717, 1.165) is 22.7 Å². The third kappa shape index (κ3) is 5.79. The van der Waals surface area contributed by atoms with Gasteiger partial charge in [-0.3, -0.25) is 0 Å². The molecule has 0 saturated heterocycles. The molecule has 1 aliphatic carbocycles. The summed E-state index contributed by atoms with van der Waals surface area (Å²) < 4.78 is 2.39. The van der Waals surface area contributed by atoms with Gasteiger partial charge in [0.25, 0.3) is 0 Å². The van der Waals surface area contributed by atoms with Gasteiger partial charge in [0.2, 0.25) is 0 Å². The lowest BCUT2D eigenvalue weighted by molar-refractivity contribution is 0.660. The Hall–Kier alpha value is -7.42. The van der Waals surface area contributed by atoms with Gasteiger partial charge in [-0.25, -0.2) is 0 Å². The van der Waals surface area contributed by atoms with Crippen LogP contribution in [0.15, 0.2) is 218 Å². The van der Waals surface area contributed by atoms with Gasteiger partial charge in [-0.05, 0) is 105 Å². The quantitative estimate of drug-likeness (QED) is 0.157. The highest BCUT2D eigenvalue weighted by Crippen LogP contribution is 2.51. The largest absolute Gasteiger partial charge is 0.310 e. The molecule has 1 aliphatic rings. The second kappa shape index (κ2) is 13.9. The summed E-state index contributed by atoms with van der Waals surface area (Å²) >= 11 is 0. The predicted octanol–water partition coefficient (Wildman–Crippen LogP) is 15.6. The molecule has 0 amide bonds. The van der Waals surface area contributed by atoms with Crippen molar-refractivity contribution in [2.75, 3.05) is 4.90 Å². The number of benzene rings is 9. The molecule has 9 aromatic carbocycles. The second-order valence-corrected chi connectivity index (χ2v) is 16.2. The molecular weight excluding hydrogens is 713 g/mol. The summed E-state index contributed by atoms with van der Waals surface area (Å²) in [6, 6.07) is 79.8. The van der Waals surface area contributed by atoms with Gasteiger partial charge in [0.1, 0.15) is 0 Å². The lowest BCUT2D eigenvalue weighted by atomic mass is 9.82. The van der Waals surface area contributed by atoms with E-state index in [1.54, 1.807) is 0 Å². The monoisotopic (exact) mass is 754 g/mol. The van der Waals surface area contributed by atoms with Crippen LogP contribution in [-0.2, 0) is 5.41 Å². The summed E-state index contributed by atoms with van der Waals surface area (Å²) in [5, 5.41) is 2.54. The fourth-order valence-electron chi connectivity index (χ4n) is 9.47. The first-order chi connectivity index (χ1) is 29.0. The zero-order chi connectivity index (χ0) is 39.5. The Labute approximate surface area is 345 Å². The standard InChI is InChI=1S/C57H42N2/c1-57(2)52-23-10-6-20-48(52)49-36-35-46(38-53(49)57)58(54-24-11-7-19-47(54)42-29-27-40(28-30-42)39-15-4-3-5-16-39)44-33-31-41(32-34-44)43-17-14-18-45(37-43)59-55-25-12-8-21-50(55)51-22-9-13-26-56(51)59/h3-38H,1-2H3. The van der Waals surface area contributed by atoms with Crippen molar-refractivity contribution in [2.45, 2.75) is 19.3 Å². The Morgan fingerprint density at radius 1 is 0.356 bits per heavy atom. The van der Waals surface area contributed by atoms with Crippen LogP contribution >= 0.6 is 0 Å². The average Bonchev–Trinajstić information content (AvgIpc) is 3.75. The summed E-state index contributed by atoms with van der Waals surface area (Å²) in [6.07, 6.45) is 0. The smallest absolute Gasteiger partial charge is 0.0541 e. The van der Waals surface area contributed by atoms with Crippen LogP contribution in [0.1, 0.15) is 25.0 Å². The van der Waals surface area contributed by atoms with Gasteiger partial charge < -0.3 is 9.47 Å². The third-order valence-corrected chi connectivity index (χ3v) is 12.4. The molecular formula is C57H42N2. The van der Waals surface area contributed by atoms with E-state index in [2.05, 4.69) is 242 Å². The normalized spacial score (nSPS) is 12.7. The maximum absolute atomic E-state index is 2.44. The number of rotatable bonds is 7. The molecule has 1 aromatic heterocycles. The van der Waals surface area contributed by atoms with Crippen molar-refractivity contribution in [2.24, 2.45) is 0 Å². The number of hydrogen-bond acceptors (Lipinski definition) is 1. The maximum atomic E-state index is 2.44. The van der Waals surface area contributed by atoms with Gasteiger partial charge in [-0.2, -0.15) is 0 Å². The molecule has 0 atom stereocenters. The van der Waals surface area contributed by atoms with E-state index in [1.807, 2.05) is 0 Å². The average molecular weight is 755 g/mol. The summed E-state index contributed by atoms with van der Waals surface area (Å²) in [5.41, 5.74) is 19.4. The molecule has 59 heavy (non-hydrogen) atoms. The van der Waals surface area contributed by atoms with Crippen LogP contribution in [0.5, 0.6) is 0 Å². The summed E-state index contributed by atoms with van der Waals surface area (Å²) in [4.78, 5) is 2.44. The molecule has 0 aliphatic heterocycles. The predicted molar refractivity (Wildman–Crippen MR) is 249 cm³/mol. The zero-order valence-corrected chi connectivity index (χ0v) is 33.2. The van der Waals surface area contributed by atoms with Gasteiger partial charge in [-0.1, -0.05) is 178 Å². The second-order valence-electron chi connectivity index (χ2n) is 16.2. The maximum Gasteiger partial charge on any atom is 0.0541 e. The number of para-hydroxylation sites is 3. The molecule has 0 radical (unpaired) electrons. The van der Waals surface area contributed by atoms with Crippen LogP contribution in [0.2, 0.25) is 0 Å². The van der Waals surface area contributed by atoms with Crippen LogP contribution in [0.4, 0.5) is 17.1 Å². The van der Waals surface area contributed by atoms with E-state index >= 15 is 0 Å². The minimum Gasteiger partial charge on any atom is -0.310 e. The van der Waals surface area contributed by atoms with Crippen LogP contribution in [0, 0.1) is 0 Å². The van der Waals surface area contributed by atoms with Gasteiger partial charge in [0.15, 0.2) is 0 Å². The Kier molecular flexibility index (Phi) is 8.20. The van der Waals surface area contributed by atoms with Crippen LogP contribution in [0.3, 0.4) is 0 Å². The Morgan fingerprint density at radius 2 is 0.881 bits per heavy atom. The summed E-state index contributed by atoms with van der Waals surface area (Å²) in [6.45, 7) is 4.71. The molecule has 280 valence electrons. The first kappa shape index (κ1) is 34.8. The highest BCUT2D eigenvalue weighted by Gasteiger charge is 2.36. The van der Waals surface area contributed by atoms with Crippen molar-refractivity contribution in [1.82, 2.24) is 4.57 Å². The van der Waals surface area contributed by atoms with E-state index in [4.69, 9.17) is 0 Å². The number of fused-ring (bicyclic) bond motifs is 6.